The normalized spacial score (nSPS) is 15.6. The van der Waals surface area contributed by atoms with Gasteiger partial charge in [-0.05, 0) is 56.3 Å². The maximum atomic E-state index is 12.2. The lowest BCUT2D eigenvalue weighted by Crippen LogP contribution is -2.39. The number of aromatic nitrogens is 1. The van der Waals surface area contributed by atoms with Gasteiger partial charge in [0.1, 0.15) is 0 Å². The predicted molar refractivity (Wildman–Crippen MR) is 112 cm³/mol. The van der Waals surface area contributed by atoms with Crippen LogP contribution >= 0.6 is 0 Å². The van der Waals surface area contributed by atoms with Gasteiger partial charge in [0.15, 0.2) is 6.61 Å². The minimum Gasteiger partial charge on any atom is -0.468 e. The Morgan fingerprint density at radius 1 is 1.13 bits per heavy atom. The number of carbonyl (C=O) groups is 1. The van der Waals surface area contributed by atoms with Crippen LogP contribution in [0.15, 0.2) is 48.7 Å². The maximum absolute atomic E-state index is 12.2. The van der Waals surface area contributed by atoms with E-state index < -0.39 is 12.8 Å². The van der Waals surface area contributed by atoms with Gasteiger partial charge in [-0.3, -0.25) is 4.79 Å². The van der Waals surface area contributed by atoms with Crippen molar-refractivity contribution in [2.24, 2.45) is 5.92 Å². The summed E-state index contributed by atoms with van der Waals surface area (Å²) >= 11 is 0. The molecule has 1 aliphatic rings. The highest BCUT2D eigenvalue weighted by molar-refractivity contribution is 5.93. The first-order chi connectivity index (χ1) is 14.9. The molecule has 0 atom stereocenters. The molecular weight excluding hydrogens is 407 g/mol. The summed E-state index contributed by atoms with van der Waals surface area (Å²) < 4.78 is 41.0. The van der Waals surface area contributed by atoms with Crippen molar-refractivity contribution in [2.45, 2.75) is 31.9 Å². The standard InChI is InChI=1S/C23H28F3N3O2/c24-23(25,26)17-31-21-9-8-20(16-28-21)22(30)27-12-15-29-13-10-19(11-14-29)7-6-18-4-2-1-3-5-18/h1-5,8-9,16,19H,6-7,10-15,17H2,(H,27,30). The summed E-state index contributed by atoms with van der Waals surface area (Å²) in [5, 5.41) is 2.84. The molecular formula is C23H28F3N3O2. The number of nitrogens with one attached hydrogen (secondary N) is 1. The van der Waals surface area contributed by atoms with Gasteiger partial charge in [-0.1, -0.05) is 30.3 Å². The number of pyridine rings is 1. The second kappa shape index (κ2) is 11.1. The number of benzene rings is 1. The SMILES string of the molecule is O=C(NCCN1CCC(CCc2ccccc2)CC1)c1ccc(OCC(F)(F)F)nc1. The lowest BCUT2D eigenvalue weighted by molar-refractivity contribution is -0.154. The average Bonchev–Trinajstić information content (AvgIpc) is 2.77. The molecule has 1 aromatic heterocycles. The van der Waals surface area contributed by atoms with Crippen LogP contribution in [-0.4, -0.2) is 54.8 Å². The van der Waals surface area contributed by atoms with E-state index in [9.17, 15) is 18.0 Å². The number of hydrogen-bond acceptors (Lipinski definition) is 4. The highest BCUT2D eigenvalue weighted by Crippen LogP contribution is 2.22. The third-order valence-corrected chi connectivity index (χ3v) is 5.49. The topological polar surface area (TPSA) is 54.5 Å². The van der Waals surface area contributed by atoms with Crippen LogP contribution in [0.1, 0.15) is 35.2 Å². The molecule has 0 unspecified atom stereocenters. The fourth-order valence-corrected chi connectivity index (χ4v) is 3.70. The molecule has 1 saturated heterocycles. The lowest BCUT2D eigenvalue weighted by Gasteiger charge is -2.32. The molecule has 0 aliphatic carbocycles. The highest BCUT2D eigenvalue weighted by atomic mass is 19.4. The number of likely N-dealkylation sites (tertiary alicyclic amines) is 1. The highest BCUT2D eigenvalue weighted by Gasteiger charge is 2.28. The largest absolute Gasteiger partial charge is 0.468 e. The second-order valence-electron chi connectivity index (χ2n) is 7.85. The first kappa shape index (κ1) is 23.1. The number of amides is 1. The van der Waals surface area contributed by atoms with E-state index in [1.807, 2.05) is 6.07 Å². The van der Waals surface area contributed by atoms with Crippen LogP contribution in [0.5, 0.6) is 5.88 Å². The Bertz CT molecular complexity index is 805. The molecule has 1 N–H and O–H groups in total. The Morgan fingerprint density at radius 3 is 2.52 bits per heavy atom. The van der Waals surface area contributed by atoms with Crippen molar-refractivity contribution < 1.29 is 22.7 Å². The van der Waals surface area contributed by atoms with Crippen LogP contribution in [0, 0.1) is 5.92 Å². The Balaban J connectivity index is 1.31. The molecule has 1 aromatic carbocycles. The van der Waals surface area contributed by atoms with Gasteiger partial charge in [-0.2, -0.15) is 13.2 Å². The average molecular weight is 435 g/mol. The molecule has 1 fully saturated rings. The molecule has 0 saturated carbocycles. The van der Waals surface area contributed by atoms with Crippen LogP contribution in [0.2, 0.25) is 0 Å². The van der Waals surface area contributed by atoms with Crippen LogP contribution in [0.3, 0.4) is 0 Å². The zero-order valence-electron chi connectivity index (χ0n) is 17.4. The van der Waals surface area contributed by atoms with Gasteiger partial charge in [0.25, 0.3) is 5.91 Å². The van der Waals surface area contributed by atoms with Crippen LogP contribution in [0.4, 0.5) is 13.2 Å². The first-order valence-corrected chi connectivity index (χ1v) is 10.6. The molecule has 5 nitrogen and oxygen atoms in total. The van der Waals surface area contributed by atoms with Gasteiger partial charge in [-0.15, -0.1) is 0 Å². The number of aryl methyl sites for hydroxylation is 1. The minimum absolute atomic E-state index is 0.163. The number of halogens is 3. The Morgan fingerprint density at radius 2 is 1.87 bits per heavy atom. The van der Waals surface area contributed by atoms with Gasteiger partial charge >= 0.3 is 6.18 Å². The summed E-state index contributed by atoms with van der Waals surface area (Å²) in [6, 6.07) is 13.2. The smallest absolute Gasteiger partial charge is 0.422 e. The van der Waals surface area contributed by atoms with Crippen molar-refractivity contribution in [1.29, 1.82) is 0 Å². The van der Waals surface area contributed by atoms with Gasteiger partial charge in [0.2, 0.25) is 5.88 Å². The van der Waals surface area contributed by atoms with Crippen LogP contribution in [-0.2, 0) is 6.42 Å². The third kappa shape index (κ3) is 8.20. The summed E-state index contributed by atoms with van der Waals surface area (Å²) in [7, 11) is 0. The van der Waals surface area contributed by atoms with E-state index in [1.165, 1.54) is 43.2 Å². The summed E-state index contributed by atoms with van der Waals surface area (Å²) in [6.45, 7) is 1.94. The molecule has 0 bridgehead atoms. The zero-order chi connectivity index (χ0) is 22.1. The van der Waals surface area contributed by atoms with Gasteiger partial charge in [0, 0.05) is 25.4 Å². The Hall–Kier alpha value is -2.61. The quantitative estimate of drug-likeness (QED) is 0.645. The summed E-state index contributed by atoms with van der Waals surface area (Å²) in [4.78, 5) is 18.3. The fraction of sp³-hybridized carbons (Fsp3) is 0.478. The number of ether oxygens (including phenoxy) is 1. The van der Waals surface area contributed by atoms with Crippen molar-refractivity contribution >= 4 is 5.91 Å². The van der Waals surface area contributed by atoms with Crippen LogP contribution in [0.25, 0.3) is 0 Å². The van der Waals surface area contributed by atoms with Crippen LogP contribution < -0.4 is 10.1 Å². The van der Waals surface area contributed by atoms with Gasteiger partial charge in [-0.25, -0.2) is 4.98 Å². The molecule has 0 spiro atoms. The maximum Gasteiger partial charge on any atom is 0.422 e. The van der Waals surface area contributed by atoms with E-state index in [1.54, 1.807) is 0 Å². The van der Waals surface area contributed by atoms with Gasteiger partial charge in [0.05, 0.1) is 5.56 Å². The van der Waals surface area contributed by atoms with E-state index in [-0.39, 0.29) is 11.8 Å². The lowest BCUT2D eigenvalue weighted by atomic mass is 9.90. The summed E-state index contributed by atoms with van der Waals surface area (Å²) in [6.07, 6.45) is 1.47. The molecule has 0 radical (unpaired) electrons. The summed E-state index contributed by atoms with van der Waals surface area (Å²) in [5.41, 5.74) is 1.68. The molecule has 1 amide bonds. The number of nitrogens with zero attached hydrogens (tertiary/aromatic N) is 2. The molecule has 2 aromatic rings. The van der Waals surface area contributed by atoms with Gasteiger partial charge < -0.3 is 15.0 Å². The molecule has 3 rings (SSSR count). The number of alkyl halides is 3. The number of carbonyl (C=O) groups excluding carboxylic acids is 1. The molecule has 168 valence electrons. The Kier molecular flexibility index (Phi) is 8.28. The van der Waals surface area contributed by atoms with E-state index in [0.29, 0.717) is 12.1 Å². The van der Waals surface area contributed by atoms with E-state index in [4.69, 9.17) is 0 Å². The van der Waals surface area contributed by atoms with Crippen molar-refractivity contribution in [2.75, 3.05) is 32.8 Å². The monoisotopic (exact) mass is 435 g/mol. The number of piperidine rings is 1. The Labute approximate surface area is 180 Å². The molecule has 2 heterocycles. The minimum atomic E-state index is -4.42. The predicted octanol–water partition coefficient (Wildman–Crippen LogP) is 4.10. The van der Waals surface area contributed by atoms with E-state index in [2.05, 4.69) is 44.2 Å². The van der Waals surface area contributed by atoms with Crippen molar-refractivity contribution in [3.05, 3.63) is 59.8 Å². The number of hydrogen-bond donors (Lipinski definition) is 1. The van der Waals surface area contributed by atoms with E-state index >= 15 is 0 Å². The zero-order valence-corrected chi connectivity index (χ0v) is 17.4. The number of rotatable bonds is 9. The first-order valence-electron chi connectivity index (χ1n) is 10.6. The van der Waals surface area contributed by atoms with Crippen molar-refractivity contribution in [3.63, 3.8) is 0 Å². The third-order valence-electron chi connectivity index (χ3n) is 5.49. The molecule has 31 heavy (non-hydrogen) atoms. The molecule has 1 aliphatic heterocycles. The second-order valence-corrected chi connectivity index (χ2v) is 7.85. The molecule has 8 heteroatoms. The fourth-order valence-electron chi connectivity index (χ4n) is 3.70. The van der Waals surface area contributed by atoms with Crippen molar-refractivity contribution in [1.82, 2.24) is 15.2 Å². The van der Waals surface area contributed by atoms with E-state index in [0.717, 1.165) is 32.0 Å². The summed E-state index contributed by atoms with van der Waals surface area (Å²) in [5.74, 6) is 0.284. The van der Waals surface area contributed by atoms with Crippen molar-refractivity contribution in [3.8, 4) is 5.88 Å².